The van der Waals surface area contributed by atoms with E-state index in [1.165, 1.54) is 12.1 Å². The van der Waals surface area contributed by atoms with Crippen LogP contribution in [0.2, 0.25) is 0 Å². The van der Waals surface area contributed by atoms with E-state index in [0.29, 0.717) is 25.9 Å². The number of nitrogens with one attached hydrogen (secondary N) is 1. The molecule has 0 aliphatic carbocycles. The van der Waals surface area contributed by atoms with Crippen LogP contribution in [-0.2, 0) is 21.4 Å². The molecule has 3 atom stereocenters. The second-order valence-electron chi connectivity index (χ2n) is 11.4. The monoisotopic (exact) mass is 539 g/mol. The van der Waals surface area contributed by atoms with Gasteiger partial charge in [0.25, 0.3) is 0 Å². The van der Waals surface area contributed by atoms with Gasteiger partial charge in [0.2, 0.25) is 11.8 Å². The Labute approximate surface area is 225 Å². The Bertz CT molecular complexity index is 1420. The molecule has 6 nitrogen and oxygen atoms in total. The second kappa shape index (κ2) is 9.71. The number of aromatic nitrogens is 1. The van der Waals surface area contributed by atoms with E-state index in [2.05, 4.69) is 15.2 Å². The molecule has 2 amide bonds. The first kappa shape index (κ1) is 27.3. The van der Waals surface area contributed by atoms with Crippen molar-refractivity contribution in [1.82, 2.24) is 15.2 Å². The highest BCUT2D eigenvalue weighted by Crippen LogP contribution is 2.48. The van der Waals surface area contributed by atoms with Gasteiger partial charge in [-0.1, -0.05) is 32.0 Å². The number of benzene rings is 2. The minimum atomic E-state index is -4.37. The molecule has 2 aliphatic heterocycles. The third-order valence-electron chi connectivity index (χ3n) is 8.57. The van der Waals surface area contributed by atoms with E-state index in [0.717, 1.165) is 39.7 Å². The molecule has 2 unspecified atom stereocenters. The predicted octanol–water partition coefficient (Wildman–Crippen LogP) is 5.45. The lowest BCUT2D eigenvalue weighted by molar-refractivity contribution is -0.138. The molecule has 2 aromatic carbocycles. The topological polar surface area (TPSA) is 82.5 Å². The number of halogens is 3. The molecule has 3 aromatic rings. The van der Waals surface area contributed by atoms with Crippen molar-refractivity contribution in [2.45, 2.75) is 63.8 Å². The molecule has 206 valence electrons. The molecule has 2 saturated heterocycles. The maximum atomic E-state index is 13.0. The summed E-state index contributed by atoms with van der Waals surface area (Å²) >= 11 is 0. The van der Waals surface area contributed by atoms with Crippen molar-refractivity contribution in [2.24, 2.45) is 5.41 Å². The van der Waals surface area contributed by atoms with Crippen LogP contribution in [-0.4, -0.2) is 39.9 Å². The van der Waals surface area contributed by atoms with E-state index < -0.39 is 28.7 Å². The third kappa shape index (κ3) is 5.05. The molecule has 0 bridgehead atoms. The molecule has 2 fully saturated rings. The van der Waals surface area contributed by atoms with Gasteiger partial charge < -0.3 is 5.11 Å². The summed E-state index contributed by atoms with van der Waals surface area (Å²) < 4.78 is 39.0. The highest BCUT2D eigenvalue weighted by molar-refractivity contribution is 6.01. The van der Waals surface area contributed by atoms with Crippen molar-refractivity contribution in [3.8, 4) is 0 Å². The SMILES string of the molecule is C[C@@H](c1ccc(C(F)(F)F)cc1)N1CCC(O)(c2ccc3ncc(C4CCC(=O)NC4=O)cc3c2)C(C)(C)C1. The van der Waals surface area contributed by atoms with E-state index >= 15 is 0 Å². The number of hydrogen-bond acceptors (Lipinski definition) is 5. The maximum Gasteiger partial charge on any atom is 0.416 e. The lowest BCUT2D eigenvalue weighted by Crippen LogP contribution is -2.55. The quantitative estimate of drug-likeness (QED) is 0.431. The number of alkyl halides is 3. The van der Waals surface area contributed by atoms with Gasteiger partial charge in [0.15, 0.2) is 0 Å². The van der Waals surface area contributed by atoms with Crippen LogP contribution < -0.4 is 5.32 Å². The molecular weight excluding hydrogens is 507 g/mol. The molecule has 0 spiro atoms. The summed E-state index contributed by atoms with van der Waals surface area (Å²) in [6, 6.07) is 12.7. The average Bonchev–Trinajstić information content (AvgIpc) is 2.88. The fourth-order valence-electron chi connectivity index (χ4n) is 6.00. The molecule has 5 rings (SSSR count). The number of pyridine rings is 1. The Morgan fingerprint density at radius 2 is 1.82 bits per heavy atom. The standard InChI is InChI=1S/C30H32F3N3O3/c1-18(19-4-6-22(7-5-19)30(31,32)33)36-13-12-29(39,28(2,3)17-36)23-8-10-25-20(15-23)14-21(16-34-25)24-9-11-26(37)35-27(24)38/h4-8,10,14-16,18,24,39H,9,11-13,17H2,1-3H3,(H,35,37,38)/t18-,24?,29?/m0/s1. The summed E-state index contributed by atoms with van der Waals surface area (Å²) in [5.41, 5.74) is 0.626. The molecule has 1 aromatic heterocycles. The molecule has 0 radical (unpaired) electrons. The fourth-order valence-corrected chi connectivity index (χ4v) is 6.00. The number of imide groups is 1. The summed E-state index contributed by atoms with van der Waals surface area (Å²) in [5, 5.41) is 15.2. The van der Waals surface area contributed by atoms with Crippen LogP contribution in [0.4, 0.5) is 13.2 Å². The zero-order chi connectivity index (χ0) is 28.2. The van der Waals surface area contributed by atoms with Crippen molar-refractivity contribution in [1.29, 1.82) is 0 Å². The van der Waals surface area contributed by atoms with Crippen LogP contribution in [0, 0.1) is 5.41 Å². The summed E-state index contributed by atoms with van der Waals surface area (Å²) in [6.45, 7) is 7.08. The highest BCUT2D eigenvalue weighted by atomic mass is 19.4. The Morgan fingerprint density at radius 1 is 1.10 bits per heavy atom. The lowest BCUT2D eigenvalue weighted by Gasteiger charge is -2.52. The van der Waals surface area contributed by atoms with Gasteiger partial charge in [0, 0.05) is 42.6 Å². The van der Waals surface area contributed by atoms with Crippen molar-refractivity contribution in [2.75, 3.05) is 13.1 Å². The first-order valence-electron chi connectivity index (χ1n) is 13.2. The van der Waals surface area contributed by atoms with Gasteiger partial charge in [-0.05, 0) is 66.8 Å². The average molecular weight is 540 g/mol. The first-order valence-corrected chi connectivity index (χ1v) is 13.2. The maximum absolute atomic E-state index is 13.0. The van der Waals surface area contributed by atoms with E-state index in [-0.39, 0.29) is 24.3 Å². The van der Waals surface area contributed by atoms with Gasteiger partial charge in [-0.25, -0.2) is 0 Å². The van der Waals surface area contributed by atoms with Crippen molar-refractivity contribution < 1.29 is 27.9 Å². The Kier molecular flexibility index (Phi) is 6.79. The molecule has 3 heterocycles. The first-order chi connectivity index (χ1) is 18.3. The summed E-state index contributed by atoms with van der Waals surface area (Å²) in [5.74, 6) is -1.04. The summed E-state index contributed by atoms with van der Waals surface area (Å²) in [6.07, 6.45) is -1.55. The molecule has 39 heavy (non-hydrogen) atoms. The fraction of sp³-hybridized carbons (Fsp3) is 0.433. The Balaban J connectivity index is 1.38. The largest absolute Gasteiger partial charge is 0.416 e. The van der Waals surface area contributed by atoms with Crippen molar-refractivity contribution in [3.05, 3.63) is 77.0 Å². The number of carbonyl (C=O) groups excluding carboxylic acids is 2. The lowest BCUT2D eigenvalue weighted by atomic mass is 9.66. The minimum Gasteiger partial charge on any atom is -0.385 e. The number of amides is 2. The molecular formula is C30H32F3N3O3. The summed E-state index contributed by atoms with van der Waals surface area (Å²) in [4.78, 5) is 30.7. The zero-order valence-corrected chi connectivity index (χ0v) is 22.2. The Hall–Kier alpha value is -3.30. The molecule has 2 N–H and O–H groups in total. The third-order valence-corrected chi connectivity index (χ3v) is 8.57. The molecule has 2 aliphatic rings. The number of nitrogens with zero attached hydrogens (tertiary/aromatic N) is 2. The number of carbonyl (C=O) groups is 2. The Morgan fingerprint density at radius 3 is 2.46 bits per heavy atom. The van der Waals surface area contributed by atoms with Crippen LogP contribution in [0.3, 0.4) is 0 Å². The number of aliphatic hydroxyl groups is 1. The van der Waals surface area contributed by atoms with E-state index in [1.54, 1.807) is 6.20 Å². The van der Waals surface area contributed by atoms with Crippen LogP contribution in [0.15, 0.2) is 54.7 Å². The van der Waals surface area contributed by atoms with Gasteiger partial charge in [0.1, 0.15) is 0 Å². The second-order valence-corrected chi connectivity index (χ2v) is 11.4. The number of rotatable bonds is 4. The number of piperidine rings is 2. The van der Waals surface area contributed by atoms with Crippen LogP contribution >= 0.6 is 0 Å². The number of likely N-dealkylation sites (tertiary alicyclic amines) is 1. The van der Waals surface area contributed by atoms with Gasteiger partial charge in [0.05, 0.1) is 22.6 Å². The van der Waals surface area contributed by atoms with E-state index in [1.807, 2.05) is 45.0 Å². The predicted molar refractivity (Wildman–Crippen MR) is 141 cm³/mol. The van der Waals surface area contributed by atoms with Crippen molar-refractivity contribution in [3.63, 3.8) is 0 Å². The number of fused-ring (bicyclic) bond motifs is 1. The van der Waals surface area contributed by atoms with Crippen molar-refractivity contribution >= 4 is 22.7 Å². The van der Waals surface area contributed by atoms with Crippen LogP contribution in [0.5, 0.6) is 0 Å². The number of hydrogen-bond donors (Lipinski definition) is 2. The normalized spacial score (nSPS) is 24.9. The van der Waals surface area contributed by atoms with Crippen LogP contribution in [0.25, 0.3) is 10.9 Å². The van der Waals surface area contributed by atoms with Gasteiger partial charge >= 0.3 is 6.18 Å². The van der Waals surface area contributed by atoms with Gasteiger partial charge in [-0.3, -0.25) is 24.8 Å². The van der Waals surface area contributed by atoms with Crippen LogP contribution in [0.1, 0.15) is 74.2 Å². The van der Waals surface area contributed by atoms with Gasteiger partial charge in [-0.15, -0.1) is 0 Å². The van der Waals surface area contributed by atoms with Gasteiger partial charge in [-0.2, -0.15) is 13.2 Å². The summed E-state index contributed by atoms with van der Waals surface area (Å²) in [7, 11) is 0. The zero-order valence-electron chi connectivity index (χ0n) is 22.2. The van der Waals surface area contributed by atoms with E-state index in [4.69, 9.17) is 0 Å². The van der Waals surface area contributed by atoms with E-state index in [9.17, 15) is 27.9 Å². The molecule has 0 saturated carbocycles. The minimum absolute atomic E-state index is 0.118. The molecule has 9 heteroatoms. The smallest absolute Gasteiger partial charge is 0.385 e. The highest BCUT2D eigenvalue weighted by Gasteiger charge is 2.49.